The third-order valence-electron chi connectivity index (χ3n) is 2.49. The first kappa shape index (κ1) is 14.1. The van der Waals surface area contributed by atoms with Gasteiger partial charge in [0, 0.05) is 0 Å². The van der Waals surface area contributed by atoms with Crippen LogP contribution in [0.5, 0.6) is 5.75 Å². The van der Waals surface area contributed by atoms with Crippen molar-refractivity contribution >= 4 is 34.8 Å². The molecular weight excluding hydrogens is 261 g/mol. The average molecular weight is 276 g/mol. The molecule has 1 rings (SSSR count). The Kier molecular flexibility index (Phi) is 5.59. The van der Waals surface area contributed by atoms with Crippen LogP contribution in [0.3, 0.4) is 0 Å². The minimum atomic E-state index is -0.235. The molecule has 0 radical (unpaired) electrons. The summed E-state index contributed by atoms with van der Waals surface area (Å²) >= 11 is 11.4. The number of alkyl halides is 2. The van der Waals surface area contributed by atoms with E-state index in [2.05, 4.69) is 0 Å². The Hall–Kier alpha value is -0.930. The lowest BCUT2D eigenvalue weighted by atomic mass is 10.1. The Morgan fingerprint density at radius 3 is 2.59 bits per heavy atom. The van der Waals surface area contributed by atoms with Crippen LogP contribution in [0.2, 0.25) is 0 Å². The molecule has 0 fully saturated rings. The number of nitrogens with zero attached hydrogens (tertiary/aromatic N) is 1. The molecule has 0 aromatic heterocycles. The van der Waals surface area contributed by atoms with Gasteiger partial charge in [0.15, 0.2) is 0 Å². The number of rotatable bonds is 5. The number of benzene rings is 1. The highest BCUT2D eigenvalue weighted by Crippen LogP contribution is 2.33. The van der Waals surface area contributed by atoms with Crippen LogP contribution in [0.15, 0.2) is 18.2 Å². The van der Waals surface area contributed by atoms with Crippen molar-refractivity contribution in [2.24, 2.45) is 0 Å². The second-order valence-electron chi connectivity index (χ2n) is 3.40. The molecule has 1 amide bonds. The molecule has 0 aliphatic carbocycles. The zero-order valence-electron chi connectivity index (χ0n) is 9.87. The van der Waals surface area contributed by atoms with Crippen molar-refractivity contribution in [1.29, 1.82) is 0 Å². The largest absolute Gasteiger partial charge is 0.495 e. The first-order valence-electron chi connectivity index (χ1n) is 5.27. The van der Waals surface area contributed by atoms with Gasteiger partial charge < -0.3 is 4.74 Å². The summed E-state index contributed by atoms with van der Waals surface area (Å²) in [4.78, 5) is 13.2. The van der Waals surface area contributed by atoms with E-state index in [-0.39, 0.29) is 17.8 Å². The molecule has 0 spiro atoms. The minimum Gasteiger partial charge on any atom is -0.495 e. The molecule has 5 heteroatoms. The fourth-order valence-electron chi connectivity index (χ4n) is 1.65. The quantitative estimate of drug-likeness (QED) is 0.611. The smallest absolute Gasteiger partial charge is 0.243 e. The zero-order chi connectivity index (χ0) is 12.8. The number of carbonyl (C=O) groups is 1. The van der Waals surface area contributed by atoms with Gasteiger partial charge in [0.2, 0.25) is 5.91 Å². The number of anilines is 1. The molecule has 0 N–H and O–H groups in total. The predicted octanol–water partition coefficient (Wildman–Crippen LogP) is 3.03. The van der Waals surface area contributed by atoms with E-state index in [1.165, 1.54) is 4.90 Å². The Morgan fingerprint density at radius 2 is 2.12 bits per heavy atom. The van der Waals surface area contributed by atoms with Crippen LogP contribution in [-0.4, -0.2) is 24.9 Å². The van der Waals surface area contributed by atoms with Crippen LogP contribution in [0.25, 0.3) is 0 Å². The van der Waals surface area contributed by atoms with Gasteiger partial charge in [0.05, 0.1) is 12.8 Å². The highest BCUT2D eigenvalue weighted by atomic mass is 35.5. The summed E-state index contributed by atoms with van der Waals surface area (Å²) in [5.74, 6) is 0.290. The Labute approximate surface area is 111 Å². The third-order valence-corrected chi connectivity index (χ3v) is 2.96. The van der Waals surface area contributed by atoms with E-state index in [0.717, 1.165) is 12.0 Å². The second kappa shape index (κ2) is 6.72. The fraction of sp³-hybridized carbons (Fsp3) is 0.417. The summed E-state index contributed by atoms with van der Waals surface area (Å²) in [6.45, 7) is 2.01. The molecule has 0 unspecified atom stereocenters. The highest BCUT2D eigenvalue weighted by molar-refractivity contribution is 6.31. The molecule has 0 atom stereocenters. The highest BCUT2D eigenvalue weighted by Gasteiger charge is 2.20. The molecule has 0 saturated heterocycles. The maximum Gasteiger partial charge on any atom is 0.243 e. The van der Waals surface area contributed by atoms with Crippen LogP contribution in [0.4, 0.5) is 5.69 Å². The number of aryl methyl sites for hydroxylation is 1. The summed E-state index contributed by atoms with van der Waals surface area (Å²) in [6.07, 6.45) is 0.787. The van der Waals surface area contributed by atoms with Crippen molar-refractivity contribution in [3.63, 3.8) is 0 Å². The molecule has 0 aliphatic rings. The van der Waals surface area contributed by atoms with Crippen LogP contribution in [0.1, 0.15) is 12.5 Å². The van der Waals surface area contributed by atoms with Gasteiger partial charge >= 0.3 is 0 Å². The second-order valence-corrected chi connectivity index (χ2v) is 3.90. The van der Waals surface area contributed by atoms with E-state index in [1.54, 1.807) is 13.2 Å². The summed E-state index contributed by atoms with van der Waals surface area (Å²) < 4.78 is 5.27. The van der Waals surface area contributed by atoms with Gasteiger partial charge in [-0.15, -0.1) is 23.2 Å². The summed E-state index contributed by atoms with van der Waals surface area (Å²) in [5, 5.41) is 0. The number of hydrogen-bond acceptors (Lipinski definition) is 2. The number of para-hydroxylation sites is 1. The summed E-state index contributed by atoms with van der Waals surface area (Å²) in [6, 6.07) is 5.69. The number of ether oxygens (including phenoxy) is 1. The number of hydrogen-bond donors (Lipinski definition) is 0. The predicted molar refractivity (Wildman–Crippen MR) is 71.3 cm³/mol. The number of halogens is 2. The van der Waals surface area contributed by atoms with Gasteiger partial charge in [-0.05, 0) is 18.1 Å². The van der Waals surface area contributed by atoms with E-state index in [0.29, 0.717) is 11.4 Å². The SMILES string of the molecule is CCc1cccc(OC)c1N(CCl)C(=O)CCl. The number of amides is 1. The van der Waals surface area contributed by atoms with Crippen LogP contribution in [0, 0.1) is 0 Å². The molecule has 1 aromatic carbocycles. The van der Waals surface area contributed by atoms with Crippen molar-refractivity contribution in [3.8, 4) is 5.75 Å². The van der Waals surface area contributed by atoms with E-state index in [4.69, 9.17) is 27.9 Å². The molecule has 94 valence electrons. The number of carbonyl (C=O) groups excluding carboxylic acids is 1. The lowest BCUT2D eigenvalue weighted by Crippen LogP contribution is -2.31. The van der Waals surface area contributed by atoms with Crippen molar-refractivity contribution in [2.75, 3.05) is 23.9 Å². The standard InChI is InChI=1S/C12H15Cl2NO2/c1-3-9-5-4-6-10(17-2)12(9)15(8-14)11(16)7-13/h4-6H,3,7-8H2,1-2H3. The average Bonchev–Trinajstić information content (AvgIpc) is 2.39. The van der Waals surface area contributed by atoms with Gasteiger partial charge in [0.1, 0.15) is 17.6 Å². The first-order chi connectivity index (χ1) is 8.19. The van der Waals surface area contributed by atoms with Gasteiger partial charge in [-0.25, -0.2) is 0 Å². The molecule has 0 saturated carbocycles. The summed E-state index contributed by atoms with van der Waals surface area (Å²) in [7, 11) is 1.57. The van der Waals surface area contributed by atoms with E-state index < -0.39 is 0 Å². The summed E-state index contributed by atoms with van der Waals surface area (Å²) in [5.41, 5.74) is 1.71. The van der Waals surface area contributed by atoms with E-state index >= 15 is 0 Å². The maximum atomic E-state index is 11.7. The molecule has 0 aliphatic heterocycles. The van der Waals surface area contributed by atoms with Crippen LogP contribution >= 0.6 is 23.2 Å². The number of methoxy groups -OCH3 is 1. The van der Waals surface area contributed by atoms with E-state index in [1.807, 2.05) is 19.1 Å². The lowest BCUT2D eigenvalue weighted by molar-refractivity contribution is -0.116. The lowest BCUT2D eigenvalue weighted by Gasteiger charge is -2.24. The van der Waals surface area contributed by atoms with Crippen molar-refractivity contribution in [2.45, 2.75) is 13.3 Å². The van der Waals surface area contributed by atoms with Gasteiger partial charge in [-0.3, -0.25) is 9.69 Å². The van der Waals surface area contributed by atoms with Crippen molar-refractivity contribution < 1.29 is 9.53 Å². The van der Waals surface area contributed by atoms with Gasteiger partial charge in [-0.2, -0.15) is 0 Å². The van der Waals surface area contributed by atoms with Gasteiger partial charge in [-0.1, -0.05) is 19.1 Å². The first-order valence-corrected chi connectivity index (χ1v) is 6.34. The topological polar surface area (TPSA) is 29.5 Å². The van der Waals surface area contributed by atoms with Gasteiger partial charge in [0.25, 0.3) is 0 Å². The normalized spacial score (nSPS) is 10.1. The molecule has 0 bridgehead atoms. The van der Waals surface area contributed by atoms with Crippen molar-refractivity contribution in [3.05, 3.63) is 23.8 Å². The van der Waals surface area contributed by atoms with Crippen molar-refractivity contribution in [1.82, 2.24) is 0 Å². The molecule has 1 aromatic rings. The molecular formula is C12H15Cl2NO2. The monoisotopic (exact) mass is 275 g/mol. The third kappa shape index (κ3) is 3.05. The molecule has 3 nitrogen and oxygen atoms in total. The molecule has 0 heterocycles. The molecule has 17 heavy (non-hydrogen) atoms. The maximum absolute atomic E-state index is 11.7. The minimum absolute atomic E-state index is 0.0545. The van der Waals surface area contributed by atoms with E-state index in [9.17, 15) is 4.79 Å². The Morgan fingerprint density at radius 1 is 1.41 bits per heavy atom. The Bertz CT molecular complexity index is 374. The fourth-order valence-corrected chi connectivity index (χ4v) is 2.04. The Balaban J connectivity index is 3.29. The zero-order valence-corrected chi connectivity index (χ0v) is 11.4. The van der Waals surface area contributed by atoms with Crippen LogP contribution in [-0.2, 0) is 11.2 Å². The van der Waals surface area contributed by atoms with Crippen LogP contribution < -0.4 is 9.64 Å².